The first-order valence-corrected chi connectivity index (χ1v) is 6.16. The molecule has 0 aliphatic carbocycles. The highest BCUT2D eigenvalue weighted by atomic mass is 32.2. The Bertz CT molecular complexity index is 429. The molecule has 16 heavy (non-hydrogen) atoms. The molecule has 0 amide bonds. The summed E-state index contributed by atoms with van der Waals surface area (Å²) in [5, 5.41) is 4.72. The van der Waals surface area contributed by atoms with Crippen molar-refractivity contribution in [1.29, 1.82) is 0 Å². The maximum Gasteiger partial charge on any atom is 0.333 e. The monoisotopic (exact) mass is 243 g/mol. The van der Waals surface area contributed by atoms with E-state index in [1.165, 1.54) is 0 Å². The van der Waals surface area contributed by atoms with Crippen LogP contribution >= 0.6 is 0 Å². The van der Waals surface area contributed by atoms with Crippen LogP contribution in [-0.2, 0) is 19.3 Å². The van der Waals surface area contributed by atoms with E-state index >= 15 is 0 Å². The minimum absolute atomic E-state index is 0.123. The second-order valence-electron chi connectivity index (χ2n) is 3.29. The quantitative estimate of drug-likeness (QED) is 0.740. The highest BCUT2D eigenvalue weighted by Crippen LogP contribution is 2.19. The molecule has 1 rings (SSSR count). The zero-order chi connectivity index (χ0) is 12.0. The lowest BCUT2D eigenvalue weighted by Gasteiger charge is -2.13. The van der Waals surface area contributed by atoms with E-state index in [-0.39, 0.29) is 18.9 Å². The van der Waals surface area contributed by atoms with Crippen molar-refractivity contribution in [3.8, 4) is 0 Å². The smallest absolute Gasteiger partial charge is 0.303 e. The van der Waals surface area contributed by atoms with E-state index < -0.39 is 10.3 Å². The Hall–Kier alpha value is -1.24. The molecule has 0 aliphatic rings. The van der Waals surface area contributed by atoms with Crippen LogP contribution < -0.4 is 5.14 Å². The molecule has 0 bridgehead atoms. The van der Waals surface area contributed by atoms with Gasteiger partial charge in [-0.1, -0.05) is 30.3 Å². The predicted molar refractivity (Wildman–Crippen MR) is 58.9 cm³/mol. The van der Waals surface area contributed by atoms with Crippen LogP contribution in [-0.4, -0.2) is 21.3 Å². The molecule has 0 saturated heterocycles. The molecule has 0 fully saturated rings. The van der Waals surface area contributed by atoms with Gasteiger partial charge in [0.2, 0.25) is 0 Å². The number of hydrogen-bond acceptors (Lipinski definition) is 4. The van der Waals surface area contributed by atoms with Gasteiger partial charge in [0.1, 0.15) is 6.29 Å². The Morgan fingerprint density at radius 2 is 1.94 bits per heavy atom. The molecule has 0 radical (unpaired) electrons. The fourth-order valence-electron chi connectivity index (χ4n) is 1.32. The minimum atomic E-state index is -3.96. The summed E-state index contributed by atoms with van der Waals surface area (Å²) in [6.07, 6.45) is 0.920. The fourth-order valence-corrected chi connectivity index (χ4v) is 1.67. The summed E-state index contributed by atoms with van der Waals surface area (Å²) in [4.78, 5) is 10.5. The van der Waals surface area contributed by atoms with Gasteiger partial charge in [-0.05, 0) is 5.56 Å². The second-order valence-corrected chi connectivity index (χ2v) is 4.51. The largest absolute Gasteiger partial charge is 0.333 e. The third kappa shape index (κ3) is 4.52. The molecular formula is C10H13NO4S. The van der Waals surface area contributed by atoms with Gasteiger partial charge in [-0.2, -0.15) is 8.42 Å². The highest BCUT2D eigenvalue weighted by molar-refractivity contribution is 7.84. The van der Waals surface area contributed by atoms with Crippen LogP contribution in [0.5, 0.6) is 0 Å². The van der Waals surface area contributed by atoms with Crippen LogP contribution in [0, 0.1) is 0 Å². The molecule has 0 heterocycles. The van der Waals surface area contributed by atoms with E-state index in [2.05, 4.69) is 4.18 Å². The maximum atomic E-state index is 10.6. The molecule has 0 saturated carbocycles. The first kappa shape index (κ1) is 12.8. The summed E-state index contributed by atoms with van der Waals surface area (Å²) in [7, 11) is -3.96. The van der Waals surface area contributed by atoms with Gasteiger partial charge in [-0.25, -0.2) is 5.14 Å². The number of hydrogen-bond donors (Lipinski definition) is 1. The van der Waals surface area contributed by atoms with Gasteiger partial charge in [0.25, 0.3) is 0 Å². The standard InChI is InChI=1S/C10H13NO4S/c11-16(13,14)15-8-10(6-7-12)9-4-2-1-3-5-9/h1-5,7,10H,6,8H2,(H2,11,13,14). The number of nitrogens with two attached hydrogens (primary N) is 1. The highest BCUT2D eigenvalue weighted by Gasteiger charge is 2.14. The summed E-state index contributed by atoms with van der Waals surface area (Å²) >= 11 is 0. The normalized spacial score (nSPS) is 13.3. The zero-order valence-corrected chi connectivity index (χ0v) is 9.39. The number of benzene rings is 1. The predicted octanol–water partition coefficient (Wildman–Crippen LogP) is 0.579. The number of carbonyl (C=O) groups is 1. The van der Waals surface area contributed by atoms with Crippen molar-refractivity contribution in [2.24, 2.45) is 5.14 Å². The van der Waals surface area contributed by atoms with Crippen LogP contribution in [0.25, 0.3) is 0 Å². The third-order valence-electron chi connectivity index (χ3n) is 2.09. The van der Waals surface area contributed by atoms with Gasteiger partial charge in [0, 0.05) is 12.3 Å². The summed E-state index contributed by atoms with van der Waals surface area (Å²) in [6, 6.07) is 9.07. The SMILES string of the molecule is NS(=O)(=O)OCC(CC=O)c1ccccc1. The van der Waals surface area contributed by atoms with Crippen LogP contribution in [0.15, 0.2) is 30.3 Å². The lowest BCUT2D eigenvalue weighted by molar-refractivity contribution is -0.108. The lowest BCUT2D eigenvalue weighted by Crippen LogP contribution is -2.20. The van der Waals surface area contributed by atoms with Crippen LogP contribution in [0.2, 0.25) is 0 Å². The molecule has 1 aromatic rings. The van der Waals surface area contributed by atoms with Crippen LogP contribution in [0.1, 0.15) is 17.9 Å². The van der Waals surface area contributed by atoms with Gasteiger partial charge in [0.15, 0.2) is 0 Å². The minimum Gasteiger partial charge on any atom is -0.303 e. The molecule has 0 spiro atoms. The summed E-state index contributed by atoms with van der Waals surface area (Å²) in [5.74, 6) is -0.294. The average molecular weight is 243 g/mol. The Morgan fingerprint density at radius 3 is 2.44 bits per heavy atom. The Balaban J connectivity index is 2.72. The summed E-state index contributed by atoms with van der Waals surface area (Å²) in [5.41, 5.74) is 0.846. The molecule has 88 valence electrons. The molecule has 6 heteroatoms. The average Bonchev–Trinajstić information content (AvgIpc) is 2.24. The molecular weight excluding hydrogens is 230 g/mol. The molecule has 2 N–H and O–H groups in total. The first-order chi connectivity index (χ1) is 7.53. The zero-order valence-electron chi connectivity index (χ0n) is 8.57. The van der Waals surface area contributed by atoms with E-state index in [4.69, 9.17) is 5.14 Å². The topological polar surface area (TPSA) is 86.5 Å². The van der Waals surface area contributed by atoms with Gasteiger partial charge in [0.05, 0.1) is 6.61 Å². The third-order valence-corrected chi connectivity index (χ3v) is 2.55. The first-order valence-electron chi connectivity index (χ1n) is 4.68. The van der Waals surface area contributed by atoms with E-state index in [0.717, 1.165) is 11.8 Å². The van der Waals surface area contributed by atoms with Crippen LogP contribution in [0.4, 0.5) is 0 Å². The van der Waals surface area contributed by atoms with Crippen molar-refractivity contribution in [2.45, 2.75) is 12.3 Å². The van der Waals surface area contributed by atoms with Crippen molar-refractivity contribution >= 4 is 16.6 Å². The van der Waals surface area contributed by atoms with Gasteiger partial charge < -0.3 is 4.79 Å². The van der Waals surface area contributed by atoms with Crippen LogP contribution in [0.3, 0.4) is 0 Å². The molecule has 5 nitrogen and oxygen atoms in total. The molecule has 0 aromatic heterocycles. The molecule has 1 atom stereocenters. The fraction of sp³-hybridized carbons (Fsp3) is 0.300. The van der Waals surface area contributed by atoms with E-state index in [1.54, 1.807) is 12.1 Å². The molecule has 1 aromatic carbocycles. The van der Waals surface area contributed by atoms with Crippen molar-refractivity contribution in [1.82, 2.24) is 0 Å². The Kier molecular flexibility index (Phi) is 4.60. The van der Waals surface area contributed by atoms with E-state index in [9.17, 15) is 13.2 Å². The lowest BCUT2D eigenvalue weighted by atomic mass is 9.97. The molecule has 0 aliphatic heterocycles. The van der Waals surface area contributed by atoms with Crippen molar-refractivity contribution in [3.63, 3.8) is 0 Å². The van der Waals surface area contributed by atoms with Crippen molar-refractivity contribution in [2.75, 3.05) is 6.61 Å². The van der Waals surface area contributed by atoms with Gasteiger partial charge in [-0.15, -0.1) is 0 Å². The van der Waals surface area contributed by atoms with Crippen molar-refractivity contribution < 1.29 is 17.4 Å². The summed E-state index contributed by atoms with van der Waals surface area (Å²) in [6.45, 7) is -0.123. The maximum absolute atomic E-state index is 10.6. The van der Waals surface area contributed by atoms with Gasteiger partial charge in [-0.3, -0.25) is 4.18 Å². The van der Waals surface area contributed by atoms with Crippen molar-refractivity contribution in [3.05, 3.63) is 35.9 Å². The Morgan fingerprint density at radius 1 is 1.31 bits per heavy atom. The van der Waals surface area contributed by atoms with Gasteiger partial charge >= 0.3 is 10.3 Å². The Labute approximate surface area is 94.5 Å². The second kappa shape index (κ2) is 5.74. The number of aldehydes is 1. The number of carbonyl (C=O) groups excluding carboxylic acids is 1. The van der Waals surface area contributed by atoms with E-state index in [1.807, 2.05) is 18.2 Å². The summed E-state index contributed by atoms with van der Waals surface area (Å²) < 4.78 is 25.8. The molecule has 1 unspecified atom stereocenters. The number of rotatable bonds is 6. The van der Waals surface area contributed by atoms with E-state index in [0.29, 0.717) is 0 Å².